The molecule has 0 saturated heterocycles. The lowest BCUT2D eigenvalue weighted by Gasteiger charge is -2.24. The molecule has 156 valence electrons. The van der Waals surface area contributed by atoms with Crippen molar-refractivity contribution in [3.05, 3.63) is 59.7 Å². The van der Waals surface area contributed by atoms with E-state index in [1.54, 1.807) is 0 Å². The van der Waals surface area contributed by atoms with Crippen LogP contribution >= 0.6 is 0 Å². The molecule has 2 rings (SSSR count). The summed E-state index contributed by atoms with van der Waals surface area (Å²) in [6.07, 6.45) is 0. The minimum atomic E-state index is -0.703. The third-order valence-electron chi connectivity index (χ3n) is 4.34. The maximum atomic E-state index is 12.7. The second-order valence-corrected chi connectivity index (χ2v) is 6.37. The fourth-order valence-electron chi connectivity index (χ4n) is 2.90. The molecule has 29 heavy (non-hydrogen) atoms. The largest absolute Gasteiger partial charge is 0.490 e. The molecule has 7 nitrogen and oxygen atoms in total. The van der Waals surface area contributed by atoms with E-state index in [1.165, 1.54) is 7.05 Å². The van der Waals surface area contributed by atoms with Gasteiger partial charge in [0.2, 0.25) is 5.91 Å². The van der Waals surface area contributed by atoms with Crippen molar-refractivity contribution in [2.24, 2.45) is 0 Å². The third-order valence-corrected chi connectivity index (χ3v) is 4.34. The molecule has 2 atom stereocenters. The summed E-state index contributed by atoms with van der Waals surface area (Å²) in [5.74, 6) is 0.909. The Labute approximate surface area is 171 Å². The van der Waals surface area contributed by atoms with Gasteiger partial charge < -0.3 is 14.8 Å². The third kappa shape index (κ3) is 6.22. The van der Waals surface area contributed by atoms with Crippen molar-refractivity contribution in [1.29, 1.82) is 0 Å². The first kappa shape index (κ1) is 22.2. The summed E-state index contributed by atoms with van der Waals surface area (Å²) in [5, 5.41) is 8.06. The van der Waals surface area contributed by atoms with E-state index in [-0.39, 0.29) is 6.04 Å². The van der Waals surface area contributed by atoms with Gasteiger partial charge in [0, 0.05) is 13.1 Å². The summed E-state index contributed by atoms with van der Waals surface area (Å²) in [6, 6.07) is 13.5. The maximum absolute atomic E-state index is 12.7. The van der Waals surface area contributed by atoms with Crippen LogP contribution in [-0.2, 0) is 4.79 Å². The summed E-state index contributed by atoms with van der Waals surface area (Å²) < 4.78 is 11.3. The second kappa shape index (κ2) is 11.1. The van der Waals surface area contributed by atoms with Crippen LogP contribution in [-0.4, -0.2) is 32.2 Å². The Morgan fingerprint density at radius 2 is 1.59 bits per heavy atom. The Balaban J connectivity index is 2.27. The number of imide groups is 1. The van der Waals surface area contributed by atoms with Crippen LogP contribution in [0.2, 0.25) is 0 Å². The van der Waals surface area contributed by atoms with Crippen LogP contribution in [0.15, 0.2) is 48.5 Å². The Kier molecular flexibility index (Phi) is 8.48. The number of amides is 3. The number of nitrogens with one attached hydrogen (secondary N) is 3. The van der Waals surface area contributed by atoms with Crippen molar-refractivity contribution in [3.63, 3.8) is 0 Å². The zero-order chi connectivity index (χ0) is 21.2. The number of benzene rings is 2. The summed E-state index contributed by atoms with van der Waals surface area (Å²) in [6.45, 7) is 6.85. The van der Waals surface area contributed by atoms with Crippen molar-refractivity contribution in [1.82, 2.24) is 16.0 Å². The fraction of sp³-hybridized carbons (Fsp3) is 0.364. The van der Waals surface area contributed by atoms with Crippen molar-refractivity contribution >= 4 is 11.9 Å². The average molecular weight is 399 g/mol. The van der Waals surface area contributed by atoms with E-state index in [1.807, 2.05) is 69.3 Å². The normalized spacial score (nSPS) is 12.6. The number of rotatable bonds is 9. The van der Waals surface area contributed by atoms with Crippen LogP contribution in [0.25, 0.3) is 0 Å². The van der Waals surface area contributed by atoms with Gasteiger partial charge in [0.25, 0.3) is 0 Å². The SMILES string of the molecule is CCOc1ccc([C@H](C)N[C@H](C(=O)NC(=O)NC)c2ccccc2)cc1OCC. The number of hydrogen-bond donors (Lipinski definition) is 3. The highest BCUT2D eigenvalue weighted by atomic mass is 16.5. The first-order chi connectivity index (χ1) is 14.0. The smallest absolute Gasteiger partial charge is 0.321 e. The van der Waals surface area contributed by atoms with Crippen LogP contribution in [0.1, 0.15) is 44.0 Å². The zero-order valence-corrected chi connectivity index (χ0v) is 17.3. The highest BCUT2D eigenvalue weighted by Crippen LogP contribution is 2.31. The first-order valence-corrected chi connectivity index (χ1v) is 9.73. The van der Waals surface area contributed by atoms with Gasteiger partial charge in [-0.1, -0.05) is 36.4 Å². The van der Waals surface area contributed by atoms with Gasteiger partial charge in [-0.25, -0.2) is 4.79 Å². The number of hydrogen-bond acceptors (Lipinski definition) is 5. The highest BCUT2D eigenvalue weighted by molar-refractivity contribution is 5.97. The van der Waals surface area contributed by atoms with Crippen LogP contribution in [0, 0.1) is 0 Å². The lowest BCUT2D eigenvalue weighted by atomic mass is 10.0. The molecule has 0 unspecified atom stereocenters. The minimum absolute atomic E-state index is 0.189. The van der Waals surface area contributed by atoms with E-state index in [9.17, 15) is 9.59 Å². The number of carbonyl (C=O) groups is 2. The van der Waals surface area contributed by atoms with Gasteiger partial charge in [-0.05, 0) is 44.0 Å². The predicted octanol–water partition coefficient (Wildman–Crippen LogP) is 3.33. The molecule has 7 heteroatoms. The maximum Gasteiger partial charge on any atom is 0.321 e. The summed E-state index contributed by atoms with van der Waals surface area (Å²) in [7, 11) is 1.46. The monoisotopic (exact) mass is 399 g/mol. The highest BCUT2D eigenvalue weighted by Gasteiger charge is 2.24. The van der Waals surface area contributed by atoms with E-state index in [0.29, 0.717) is 24.7 Å². The molecule has 0 aromatic heterocycles. The van der Waals surface area contributed by atoms with Crippen LogP contribution in [0.4, 0.5) is 4.79 Å². The Bertz CT molecular complexity index is 811. The van der Waals surface area contributed by atoms with Gasteiger partial charge in [0.05, 0.1) is 13.2 Å². The van der Waals surface area contributed by atoms with Crippen LogP contribution in [0.3, 0.4) is 0 Å². The minimum Gasteiger partial charge on any atom is -0.490 e. The molecule has 3 amide bonds. The second-order valence-electron chi connectivity index (χ2n) is 6.37. The molecule has 0 aliphatic heterocycles. The number of urea groups is 1. The molecular weight excluding hydrogens is 370 g/mol. The van der Waals surface area contributed by atoms with E-state index in [4.69, 9.17) is 9.47 Å². The Morgan fingerprint density at radius 1 is 0.931 bits per heavy atom. The molecular formula is C22H29N3O4. The zero-order valence-electron chi connectivity index (χ0n) is 17.3. The molecule has 3 N–H and O–H groups in total. The van der Waals surface area contributed by atoms with E-state index < -0.39 is 18.0 Å². The molecule has 2 aromatic rings. The van der Waals surface area contributed by atoms with Crippen LogP contribution in [0.5, 0.6) is 11.5 Å². The van der Waals surface area contributed by atoms with E-state index in [2.05, 4.69) is 16.0 Å². The first-order valence-electron chi connectivity index (χ1n) is 9.73. The Morgan fingerprint density at radius 3 is 2.21 bits per heavy atom. The number of ether oxygens (including phenoxy) is 2. The Hall–Kier alpha value is -3.06. The summed E-state index contributed by atoms with van der Waals surface area (Å²) >= 11 is 0. The molecule has 2 aromatic carbocycles. The molecule has 0 fully saturated rings. The van der Waals surface area contributed by atoms with Gasteiger partial charge in [-0.15, -0.1) is 0 Å². The molecule has 0 heterocycles. The fourth-order valence-corrected chi connectivity index (χ4v) is 2.90. The van der Waals surface area contributed by atoms with E-state index in [0.717, 1.165) is 11.1 Å². The molecule has 0 aliphatic carbocycles. The quantitative estimate of drug-likeness (QED) is 0.602. The van der Waals surface area contributed by atoms with E-state index >= 15 is 0 Å². The molecule has 0 saturated carbocycles. The standard InChI is InChI=1S/C22H29N3O4/c1-5-28-18-13-12-17(14-19(18)29-6-2)15(3)24-20(16-10-8-7-9-11-16)21(26)25-22(27)23-4/h7-15,20,24H,5-6H2,1-4H3,(H2,23,25,26,27)/t15-,20-/m0/s1. The van der Waals surface area contributed by atoms with Gasteiger partial charge in [0.1, 0.15) is 6.04 Å². The molecule has 0 radical (unpaired) electrons. The summed E-state index contributed by atoms with van der Waals surface area (Å²) in [5.41, 5.74) is 1.70. The molecule has 0 bridgehead atoms. The van der Waals surface area contributed by atoms with Crippen molar-refractivity contribution in [2.75, 3.05) is 20.3 Å². The van der Waals surface area contributed by atoms with Gasteiger partial charge >= 0.3 is 6.03 Å². The topological polar surface area (TPSA) is 88.7 Å². The molecule has 0 aliphatic rings. The lowest BCUT2D eigenvalue weighted by Crippen LogP contribution is -2.44. The predicted molar refractivity (Wildman–Crippen MR) is 112 cm³/mol. The summed E-state index contributed by atoms with van der Waals surface area (Å²) in [4.78, 5) is 24.3. The lowest BCUT2D eigenvalue weighted by molar-refractivity contribution is -0.122. The van der Waals surface area contributed by atoms with Gasteiger partial charge in [-0.3, -0.25) is 15.4 Å². The molecule has 0 spiro atoms. The van der Waals surface area contributed by atoms with Crippen LogP contribution < -0.4 is 25.4 Å². The van der Waals surface area contributed by atoms with Gasteiger partial charge in [0.15, 0.2) is 11.5 Å². The average Bonchev–Trinajstić information content (AvgIpc) is 2.73. The van der Waals surface area contributed by atoms with Crippen molar-refractivity contribution in [3.8, 4) is 11.5 Å². The van der Waals surface area contributed by atoms with Crippen molar-refractivity contribution in [2.45, 2.75) is 32.9 Å². The van der Waals surface area contributed by atoms with Crippen molar-refractivity contribution < 1.29 is 19.1 Å². The number of carbonyl (C=O) groups excluding carboxylic acids is 2. The van der Waals surface area contributed by atoms with Gasteiger partial charge in [-0.2, -0.15) is 0 Å².